The Kier molecular flexibility index (Phi) is 16.0. The van der Waals surface area contributed by atoms with E-state index in [0.29, 0.717) is 52.7 Å². The van der Waals surface area contributed by atoms with Gasteiger partial charge in [0.15, 0.2) is 22.8 Å². The molecule has 0 bridgehead atoms. The van der Waals surface area contributed by atoms with Crippen molar-refractivity contribution in [2.24, 2.45) is 0 Å². The molecule has 3 atom stereocenters. The lowest BCUT2D eigenvalue weighted by molar-refractivity contribution is -0.118. The van der Waals surface area contributed by atoms with Gasteiger partial charge in [0.05, 0.1) is 23.6 Å². The van der Waals surface area contributed by atoms with Crippen LogP contribution in [0.15, 0.2) is 133 Å². The zero-order valence-electron chi connectivity index (χ0n) is 36.8. The number of unbranched alkanes of at least 4 members (excludes halogenated alkanes) is 3. The number of anilines is 2. The summed E-state index contributed by atoms with van der Waals surface area (Å²) in [7, 11) is 0. The van der Waals surface area contributed by atoms with Gasteiger partial charge in [-0.25, -0.2) is 19.9 Å². The summed E-state index contributed by atoms with van der Waals surface area (Å²) in [6, 6.07) is 29.4. The number of carbonyl (C=O) groups excluding carboxylic acids is 1. The highest BCUT2D eigenvalue weighted by molar-refractivity contribution is 6.40. The van der Waals surface area contributed by atoms with E-state index in [1.165, 1.54) is 21.7 Å². The van der Waals surface area contributed by atoms with Crippen LogP contribution in [0.3, 0.4) is 0 Å². The van der Waals surface area contributed by atoms with Crippen molar-refractivity contribution in [3.05, 3.63) is 171 Å². The first kappa shape index (κ1) is 46.5. The van der Waals surface area contributed by atoms with Crippen LogP contribution in [0.4, 0.5) is 11.4 Å². The number of benzene rings is 4. The standard InChI is InChI=1S/C50H52Cl2N8O5/c1-5-7-8-15-21-40(47-53-26-16-27-54-47)60-48(55-30-38(50(60)62)35-17-11-9-12-18-35)44(59-31-56-45(51)46(59)52)49(61)58-39-29-36(23-25-42(39)64-37-19-13-10-14-20-37)57-32-63-43(6-2)65-41-24-22-33(3)28-34(41)4/h9-14,16-20,22-31,40,43-44,57H,5-8,15,21,32H2,1-4H3,(H,58,61). The second-order valence-electron chi connectivity index (χ2n) is 15.5. The van der Waals surface area contributed by atoms with Crippen molar-refractivity contribution in [2.45, 2.75) is 84.6 Å². The molecule has 7 rings (SSSR count). The zero-order valence-corrected chi connectivity index (χ0v) is 38.3. The van der Waals surface area contributed by atoms with E-state index in [0.717, 1.165) is 42.6 Å². The first-order valence-corrected chi connectivity index (χ1v) is 22.5. The van der Waals surface area contributed by atoms with E-state index >= 15 is 9.59 Å². The average Bonchev–Trinajstić information content (AvgIpc) is 3.65. The molecule has 7 aromatic rings. The zero-order chi connectivity index (χ0) is 45.7. The number of hydrogen-bond donors (Lipinski definition) is 2. The van der Waals surface area contributed by atoms with Crippen LogP contribution in [0.5, 0.6) is 17.2 Å². The predicted molar refractivity (Wildman–Crippen MR) is 255 cm³/mol. The minimum atomic E-state index is -1.39. The number of carbonyl (C=O) groups is 1. The van der Waals surface area contributed by atoms with E-state index in [2.05, 4.69) is 38.6 Å². The molecule has 15 heteroatoms. The molecule has 336 valence electrons. The third kappa shape index (κ3) is 11.6. The molecule has 3 unspecified atom stereocenters. The van der Waals surface area contributed by atoms with Crippen LogP contribution in [-0.4, -0.2) is 48.0 Å². The second-order valence-corrected chi connectivity index (χ2v) is 16.2. The number of hydrogen-bond acceptors (Lipinski definition) is 10. The number of para-hydroxylation sites is 1. The lowest BCUT2D eigenvalue weighted by atomic mass is 10.0. The van der Waals surface area contributed by atoms with Crippen molar-refractivity contribution in [3.8, 4) is 28.4 Å². The normalized spacial score (nSPS) is 12.6. The van der Waals surface area contributed by atoms with E-state index in [-0.39, 0.29) is 28.4 Å². The van der Waals surface area contributed by atoms with Crippen molar-refractivity contribution in [1.82, 2.24) is 29.1 Å². The molecule has 0 aliphatic rings. The second kappa shape index (κ2) is 22.4. The highest BCUT2D eigenvalue weighted by Crippen LogP contribution is 2.36. The van der Waals surface area contributed by atoms with Gasteiger partial charge >= 0.3 is 0 Å². The molecule has 0 saturated carbocycles. The third-order valence-corrected chi connectivity index (χ3v) is 11.5. The van der Waals surface area contributed by atoms with Gasteiger partial charge in [-0.2, -0.15) is 0 Å². The molecule has 13 nitrogen and oxygen atoms in total. The summed E-state index contributed by atoms with van der Waals surface area (Å²) in [6.45, 7) is 8.25. The molecule has 3 heterocycles. The maximum Gasteiger partial charge on any atom is 0.262 e. The number of ether oxygens (including phenoxy) is 3. The topological polar surface area (TPSA) is 147 Å². The Labute approximate surface area is 388 Å². The number of rotatable bonds is 21. The summed E-state index contributed by atoms with van der Waals surface area (Å²) in [5.41, 5.74) is 3.67. The molecule has 0 aliphatic carbocycles. The van der Waals surface area contributed by atoms with Gasteiger partial charge in [0.1, 0.15) is 29.2 Å². The molecule has 0 radical (unpaired) electrons. The summed E-state index contributed by atoms with van der Waals surface area (Å²) >= 11 is 13.3. The maximum absolute atomic E-state index is 15.3. The van der Waals surface area contributed by atoms with Crippen molar-refractivity contribution < 1.29 is 19.0 Å². The summed E-state index contributed by atoms with van der Waals surface area (Å²) in [5, 5.41) is 6.31. The van der Waals surface area contributed by atoms with Gasteiger partial charge in [0.2, 0.25) is 6.29 Å². The van der Waals surface area contributed by atoms with Crippen LogP contribution in [0.2, 0.25) is 10.3 Å². The van der Waals surface area contributed by atoms with Gasteiger partial charge in [-0.15, -0.1) is 0 Å². The van der Waals surface area contributed by atoms with Crippen molar-refractivity contribution in [1.29, 1.82) is 0 Å². The Morgan fingerprint density at radius 2 is 1.55 bits per heavy atom. The van der Waals surface area contributed by atoms with Crippen molar-refractivity contribution >= 4 is 40.5 Å². The maximum atomic E-state index is 15.3. The Morgan fingerprint density at radius 1 is 0.815 bits per heavy atom. The SMILES string of the molecule is CCCCCCC(c1ncccn1)n1c(C(C(=O)Nc2cc(NCOC(CC)Oc3ccc(C)cc3C)ccc2Oc2ccccc2)n2cnc(Cl)c2Cl)ncc(-c2ccccc2)c1=O. The van der Waals surface area contributed by atoms with Crippen LogP contribution >= 0.6 is 23.2 Å². The minimum absolute atomic E-state index is 0.0305. The van der Waals surface area contributed by atoms with Crippen molar-refractivity contribution in [2.75, 3.05) is 17.4 Å². The van der Waals surface area contributed by atoms with Crippen LogP contribution < -0.4 is 25.7 Å². The summed E-state index contributed by atoms with van der Waals surface area (Å²) < 4.78 is 21.6. The Balaban J connectivity index is 1.29. The monoisotopic (exact) mass is 914 g/mol. The lowest BCUT2D eigenvalue weighted by Crippen LogP contribution is -2.38. The van der Waals surface area contributed by atoms with Gasteiger partial charge in [-0.1, -0.05) is 129 Å². The fourth-order valence-electron chi connectivity index (χ4n) is 7.46. The van der Waals surface area contributed by atoms with E-state index in [1.807, 2.05) is 99.6 Å². The summed E-state index contributed by atoms with van der Waals surface area (Å²) in [5.74, 6) is 1.48. The number of nitrogens with one attached hydrogen (secondary N) is 2. The fourth-order valence-corrected chi connectivity index (χ4v) is 7.79. The minimum Gasteiger partial charge on any atom is -0.465 e. The van der Waals surface area contributed by atoms with Gasteiger partial charge in [-0.3, -0.25) is 14.2 Å². The lowest BCUT2D eigenvalue weighted by Gasteiger charge is -2.27. The molecular weight excluding hydrogens is 864 g/mol. The number of halogens is 2. The molecule has 0 aliphatic heterocycles. The third-order valence-electron chi connectivity index (χ3n) is 10.8. The van der Waals surface area contributed by atoms with Gasteiger partial charge in [-0.05, 0) is 73.9 Å². The van der Waals surface area contributed by atoms with E-state index in [4.69, 9.17) is 42.4 Å². The number of amides is 1. The average molecular weight is 916 g/mol. The first-order valence-electron chi connectivity index (χ1n) is 21.7. The van der Waals surface area contributed by atoms with Crippen LogP contribution in [0.25, 0.3) is 11.1 Å². The molecule has 0 saturated heterocycles. The Hall–Kier alpha value is -6.54. The first-order chi connectivity index (χ1) is 31.6. The molecule has 2 N–H and O–H groups in total. The Morgan fingerprint density at radius 3 is 2.25 bits per heavy atom. The van der Waals surface area contributed by atoms with Gasteiger partial charge < -0.3 is 29.4 Å². The number of imidazole rings is 1. The van der Waals surface area contributed by atoms with Crippen LogP contribution in [0.1, 0.15) is 87.2 Å². The van der Waals surface area contributed by atoms with Crippen LogP contribution in [0, 0.1) is 13.8 Å². The molecule has 4 aromatic carbocycles. The molecule has 0 fully saturated rings. The number of aryl methyl sites for hydroxylation is 2. The van der Waals surface area contributed by atoms with Gasteiger partial charge in [0.25, 0.3) is 11.5 Å². The molecule has 3 aromatic heterocycles. The van der Waals surface area contributed by atoms with Gasteiger partial charge in [0, 0.05) is 30.7 Å². The molecule has 0 spiro atoms. The summed E-state index contributed by atoms with van der Waals surface area (Å²) in [4.78, 5) is 48.8. The van der Waals surface area contributed by atoms with Crippen LogP contribution in [-0.2, 0) is 9.53 Å². The fraction of sp³-hybridized carbons (Fsp3) is 0.280. The summed E-state index contributed by atoms with van der Waals surface area (Å²) in [6.07, 6.45) is 10.4. The largest absolute Gasteiger partial charge is 0.465 e. The number of nitrogens with zero attached hydrogens (tertiary/aromatic N) is 6. The highest BCUT2D eigenvalue weighted by Gasteiger charge is 2.35. The number of aromatic nitrogens is 6. The van der Waals surface area contributed by atoms with E-state index < -0.39 is 24.3 Å². The molecule has 1 amide bonds. The molecular formula is C50H52Cl2N8O5. The smallest absolute Gasteiger partial charge is 0.262 e. The van der Waals surface area contributed by atoms with E-state index in [9.17, 15) is 0 Å². The quantitative estimate of drug-likeness (QED) is 0.0527. The van der Waals surface area contributed by atoms with E-state index in [1.54, 1.807) is 30.6 Å². The highest BCUT2D eigenvalue weighted by atomic mass is 35.5. The predicted octanol–water partition coefficient (Wildman–Crippen LogP) is 11.6. The molecule has 65 heavy (non-hydrogen) atoms. The Bertz CT molecular complexity index is 2720. The van der Waals surface area contributed by atoms with Crippen molar-refractivity contribution in [3.63, 3.8) is 0 Å².